The zero-order valence-corrected chi connectivity index (χ0v) is 20.2. The smallest absolute Gasteiger partial charge is 0.159 e. The first kappa shape index (κ1) is 24.0. The lowest BCUT2D eigenvalue weighted by Crippen LogP contribution is -1.99. The van der Waals surface area contributed by atoms with Crippen LogP contribution >= 0.6 is 0 Å². The van der Waals surface area contributed by atoms with Gasteiger partial charge in [0.05, 0.1) is 0 Å². The Labute approximate surface area is 191 Å². The zero-order chi connectivity index (χ0) is 21.7. The topological polar surface area (TPSA) is 25.8 Å². The second-order valence-electron chi connectivity index (χ2n) is 9.75. The van der Waals surface area contributed by atoms with Gasteiger partial charge in [-0.05, 0) is 60.8 Å². The quantitative estimate of drug-likeness (QED) is 0.270. The Hall–Kier alpha value is -1.70. The zero-order valence-electron chi connectivity index (χ0n) is 20.2. The van der Waals surface area contributed by atoms with Crippen LogP contribution in [0, 0.1) is 5.92 Å². The summed E-state index contributed by atoms with van der Waals surface area (Å²) in [7, 11) is 0. The van der Waals surface area contributed by atoms with Gasteiger partial charge in [-0.15, -0.1) is 0 Å². The summed E-state index contributed by atoms with van der Waals surface area (Å²) in [5.41, 5.74) is 5.55. The van der Waals surface area contributed by atoms with Gasteiger partial charge in [-0.2, -0.15) is 0 Å². The summed E-state index contributed by atoms with van der Waals surface area (Å²) in [5, 5.41) is 0. The number of aryl methyl sites for hydroxylation is 1. The molecule has 1 aliphatic rings. The van der Waals surface area contributed by atoms with E-state index in [1.54, 1.807) is 5.56 Å². The lowest BCUT2D eigenvalue weighted by Gasteiger charge is -2.08. The largest absolute Gasteiger partial charge is 0.236 e. The molecule has 2 aromatic rings. The molecule has 1 aromatic carbocycles. The van der Waals surface area contributed by atoms with Crippen molar-refractivity contribution in [3.63, 3.8) is 0 Å². The minimum Gasteiger partial charge on any atom is -0.236 e. The van der Waals surface area contributed by atoms with Gasteiger partial charge in [-0.25, -0.2) is 9.97 Å². The molecule has 31 heavy (non-hydrogen) atoms. The van der Waals surface area contributed by atoms with Crippen molar-refractivity contribution < 1.29 is 0 Å². The standard InChI is InChI=1S/C29H44N2/c1-3-5-7-9-11-13-15-24-19-26-17-18-27(21-28(26)20-24)29-30-22-25(23-31-29)16-14-12-10-8-6-4-2/h17-18,21-24H,3-16,19-20H2,1-2H3. The number of aromatic nitrogens is 2. The molecule has 2 heteroatoms. The first-order valence-corrected chi connectivity index (χ1v) is 13.2. The fourth-order valence-corrected chi connectivity index (χ4v) is 5.01. The number of unbranched alkanes of at least 4 members (excludes halogenated alkanes) is 10. The van der Waals surface area contributed by atoms with Gasteiger partial charge in [0.25, 0.3) is 0 Å². The van der Waals surface area contributed by atoms with E-state index in [1.807, 2.05) is 12.4 Å². The molecule has 0 bridgehead atoms. The number of hydrogen-bond donors (Lipinski definition) is 0. The number of benzene rings is 1. The molecule has 0 saturated carbocycles. The number of hydrogen-bond acceptors (Lipinski definition) is 2. The average molecular weight is 421 g/mol. The third-order valence-corrected chi connectivity index (χ3v) is 6.97. The van der Waals surface area contributed by atoms with Crippen molar-refractivity contribution >= 4 is 0 Å². The average Bonchev–Trinajstić information content (AvgIpc) is 3.21. The predicted molar refractivity (Wildman–Crippen MR) is 133 cm³/mol. The van der Waals surface area contributed by atoms with E-state index in [2.05, 4.69) is 32.0 Å². The van der Waals surface area contributed by atoms with Gasteiger partial charge in [-0.1, -0.05) is 96.6 Å². The van der Waals surface area contributed by atoms with Crippen LogP contribution in [0.15, 0.2) is 30.6 Å². The fraction of sp³-hybridized carbons (Fsp3) is 0.655. The van der Waals surface area contributed by atoms with Gasteiger partial charge >= 0.3 is 0 Å². The second kappa shape index (κ2) is 13.7. The maximum Gasteiger partial charge on any atom is 0.159 e. The molecule has 0 N–H and O–H groups in total. The van der Waals surface area contributed by atoms with E-state index >= 15 is 0 Å². The van der Waals surface area contributed by atoms with Crippen LogP contribution in [0.4, 0.5) is 0 Å². The van der Waals surface area contributed by atoms with Crippen LogP contribution < -0.4 is 0 Å². The molecule has 3 rings (SSSR count). The predicted octanol–water partition coefficient (Wildman–Crippen LogP) is 8.51. The summed E-state index contributed by atoms with van der Waals surface area (Å²) in [5.74, 6) is 1.73. The fourth-order valence-electron chi connectivity index (χ4n) is 5.01. The van der Waals surface area contributed by atoms with Gasteiger partial charge in [-0.3, -0.25) is 0 Å². The van der Waals surface area contributed by atoms with Gasteiger partial charge < -0.3 is 0 Å². The van der Waals surface area contributed by atoms with E-state index in [0.717, 1.165) is 18.2 Å². The molecular formula is C29H44N2. The first-order chi connectivity index (χ1) is 15.3. The van der Waals surface area contributed by atoms with Crippen LogP contribution in [0.2, 0.25) is 0 Å². The summed E-state index contributed by atoms with van der Waals surface area (Å²) in [6.07, 6.45) is 25.5. The van der Waals surface area contributed by atoms with E-state index in [-0.39, 0.29) is 0 Å². The SMILES string of the molecule is CCCCCCCCc1cnc(-c2ccc3c(c2)CC(CCCCCCCC)C3)nc1. The lowest BCUT2D eigenvalue weighted by atomic mass is 9.97. The molecule has 0 spiro atoms. The Bertz CT molecular complexity index is 750. The van der Waals surface area contributed by atoms with E-state index in [0.29, 0.717) is 0 Å². The molecule has 0 radical (unpaired) electrons. The van der Waals surface area contributed by atoms with Crippen LogP contribution in [0.5, 0.6) is 0 Å². The minimum atomic E-state index is 0.844. The summed E-state index contributed by atoms with van der Waals surface area (Å²) >= 11 is 0. The minimum absolute atomic E-state index is 0.844. The normalized spacial score (nSPS) is 15.4. The summed E-state index contributed by atoms with van der Waals surface area (Å²) in [4.78, 5) is 9.39. The monoisotopic (exact) mass is 420 g/mol. The van der Waals surface area contributed by atoms with Gasteiger partial charge in [0.15, 0.2) is 5.82 Å². The van der Waals surface area contributed by atoms with Crippen molar-refractivity contribution in [1.29, 1.82) is 0 Å². The summed E-state index contributed by atoms with van der Waals surface area (Å²) < 4.78 is 0. The Morgan fingerprint density at radius 1 is 0.710 bits per heavy atom. The lowest BCUT2D eigenvalue weighted by molar-refractivity contribution is 0.469. The molecule has 1 heterocycles. The molecule has 0 aliphatic heterocycles. The highest BCUT2D eigenvalue weighted by atomic mass is 14.9. The highest BCUT2D eigenvalue weighted by Gasteiger charge is 2.21. The van der Waals surface area contributed by atoms with Gasteiger partial charge in [0, 0.05) is 18.0 Å². The van der Waals surface area contributed by atoms with E-state index < -0.39 is 0 Å². The summed E-state index contributed by atoms with van der Waals surface area (Å²) in [6.45, 7) is 4.56. The first-order valence-electron chi connectivity index (χ1n) is 13.2. The Morgan fingerprint density at radius 3 is 2.03 bits per heavy atom. The molecule has 170 valence electrons. The molecule has 1 unspecified atom stereocenters. The van der Waals surface area contributed by atoms with Crippen molar-refractivity contribution in [2.24, 2.45) is 5.92 Å². The third kappa shape index (κ3) is 8.05. The molecule has 1 aromatic heterocycles. The van der Waals surface area contributed by atoms with Crippen molar-refractivity contribution in [3.05, 3.63) is 47.3 Å². The number of rotatable bonds is 15. The summed E-state index contributed by atoms with van der Waals surface area (Å²) in [6, 6.07) is 6.92. The van der Waals surface area contributed by atoms with Crippen LogP contribution in [0.3, 0.4) is 0 Å². The van der Waals surface area contributed by atoms with Crippen molar-refractivity contribution in [3.8, 4) is 11.4 Å². The maximum absolute atomic E-state index is 4.70. The van der Waals surface area contributed by atoms with Crippen LogP contribution in [0.25, 0.3) is 11.4 Å². The third-order valence-electron chi connectivity index (χ3n) is 6.97. The highest BCUT2D eigenvalue weighted by Crippen LogP contribution is 2.32. The molecule has 0 amide bonds. The maximum atomic E-state index is 4.70. The molecular weight excluding hydrogens is 376 g/mol. The molecule has 1 aliphatic carbocycles. The Kier molecular flexibility index (Phi) is 10.6. The van der Waals surface area contributed by atoms with E-state index in [1.165, 1.54) is 113 Å². The van der Waals surface area contributed by atoms with E-state index in [4.69, 9.17) is 9.97 Å². The van der Waals surface area contributed by atoms with Crippen molar-refractivity contribution in [1.82, 2.24) is 9.97 Å². The van der Waals surface area contributed by atoms with Crippen LogP contribution in [0.1, 0.15) is 114 Å². The van der Waals surface area contributed by atoms with Gasteiger partial charge in [0.2, 0.25) is 0 Å². The Balaban J connectivity index is 1.43. The second-order valence-corrected chi connectivity index (χ2v) is 9.75. The van der Waals surface area contributed by atoms with Crippen LogP contribution in [-0.4, -0.2) is 9.97 Å². The highest BCUT2D eigenvalue weighted by molar-refractivity contribution is 5.58. The van der Waals surface area contributed by atoms with Gasteiger partial charge in [0.1, 0.15) is 0 Å². The molecule has 2 nitrogen and oxygen atoms in total. The van der Waals surface area contributed by atoms with Crippen LogP contribution in [-0.2, 0) is 19.3 Å². The molecule has 0 saturated heterocycles. The number of fused-ring (bicyclic) bond motifs is 1. The van der Waals surface area contributed by atoms with Crippen molar-refractivity contribution in [2.45, 2.75) is 117 Å². The number of nitrogens with zero attached hydrogens (tertiary/aromatic N) is 2. The Morgan fingerprint density at radius 2 is 1.32 bits per heavy atom. The van der Waals surface area contributed by atoms with Crippen molar-refractivity contribution in [2.75, 3.05) is 0 Å². The molecule has 0 fully saturated rings. The van der Waals surface area contributed by atoms with E-state index in [9.17, 15) is 0 Å². The molecule has 1 atom stereocenters.